The van der Waals surface area contributed by atoms with Gasteiger partial charge in [0.05, 0.1) is 0 Å². The lowest BCUT2D eigenvalue weighted by molar-refractivity contribution is 0.154. The van der Waals surface area contributed by atoms with Crippen LogP contribution in [0.15, 0.2) is 12.3 Å². The van der Waals surface area contributed by atoms with Crippen molar-refractivity contribution in [3.63, 3.8) is 0 Å². The Morgan fingerprint density at radius 1 is 1.25 bits per heavy atom. The van der Waals surface area contributed by atoms with Crippen LogP contribution in [0.3, 0.4) is 0 Å². The molecule has 1 unspecified atom stereocenters. The third kappa shape index (κ3) is 8.24. The zero-order valence-electron chi connectivity index (χ0n) is 14.7. The minimum atomic E-state index is 0.330. The minimum absolute atomic E-state index is 0.330. The van der Waals surface area contributed by atoms with Gasteiger partial charge in [-0.3, -0.25) is 0 Å². The molecule has 1 N–H and O–H groups in total. The van der Waals surface area contributed by atoms with Crippen molar-refractivity contribution < 1.29 is 0 Å². The fourth-order valence-corrected chi connectivity index (χ4v) is 2.55. The van der Waals surface area contributed by atoms with E-state index in [0.717, 1.165) is 18.7 Å². The van der Waals surface area contributed by atoms with Gasteiger partial charge in [-0.1, -0.05) is 54.5 Å². The van der Waals surface area contributed by atoms with Crippen LogP contribution in [0, 0.1) is 16.7 Å². The molecule has 1 nitrogen and oxygen atoms in total. The highest BCUT2D eigenvalue weighted by Gasteiger charge is 2.30. The van der Waals surface area contributed by atoms with E-state index in [9.17, 15) is 0 Å². The van der Waals surface area contributed by atoms with Gasteiger partial charge in [0.1, 0.15) is 0 Å². The predicted octanol–water partition coefficient (Wildman–Crippen LogP) is 5.68. The molecule has 20 heavy (non-hydrogen) atoms. The lowest BCUT2D eigenvalue weighted by Gasteiger charge is -2.37. The molecule has 2 heteroatoms. The molecule has 0 aliphatic carbocycles. The van der Waals surface area contributed by atoms with Crippen LogP contribution < -0.4 is 5.32 Å². The second-order valence-corrected chi connectivity index (χ2v) is 8.12. The number of hydrogen-bond donors (Lipinski definition) is 2. The summed E-state index contributed by atoms with van der Waals surface area (Å²) in [7, 11) is 0. The SMILES string of the molecule is C=C(CCC(C)(C)C(C)CC(C)(C)CS)NCCCC. The third-order valence-electron chi connectivity index (χ3n) is 4.60. The highest BCUT2D eigenvalue weighted by atomic mass is 32.1. The summed E-state index contributed by atoms with van der Waals surface area (Å²) in [5.74, 6) is 1.66. The van der Waals surface area contributed by atoms with Crippen LogP contribution in [0.2, 0.25) is 0 Å². The van der Waals surface area contributed by atoms with Crippen LogP contribution in [0.1, 0.15) is 73.6 Å². The van der Waals surface area contributed by atoms with E-state index in [1.165, 1.54) is 31.4 Å². The second kappa shape index (κ2) is 9.02. The van der Waals surface area contributed by atoms with Crippen molar-refractivity contribution in [2.24, 2.45) is 16.7 Å². The van der Waals surface area contributed by atoms with E-state index in [2.05, 4.69) is 66.1 Å². The lowest BCUT2D eigenvalue weighted by atomic mass is 9.70. The minimum Gasteiger partial charge on any atom is -0.389 e. The van der Waals surface area contributed by atoms with Crippen LogP contribution in [0.5, 0.6) is 0 Å². The Morgan fingerprint density at radius 2 is 1.85 bits per heavy atom. The molecule has 0 aromatic rings. The average molecular weight is 300 g/mol. The van der Waals surface area contributed by atoms with Gasteiger partial charge in [-0.05, 0) is 48.2 Å². The van der Waals surface area contributed by atoms with Crippen molar-refractivity contribution in [1.82, 2.24) is 5.32 Å². The molecule has 120 valence electrons. The van der Waals surface area contributed by atoms with Crippen LogP contribution in [-0.2, 0) is 0 Å². The van der Waals surface area contributed by atoms with E-state index < -0.39 is 0 Å². The maximum absolute atomic E-state index is 4.48. The average Bonchev–Trinajstić information content (AvgIpc) is 2.36. The molecule has 0 aromatic carbocycles. The second-order valence-electron chi connectivity index (χ2n) is 7.80. The molecule has 0 radical (unpaired) electrons. The standard InChI is InChI=1S/C18H37NS/c1-8-9-12-19-16(3)10-11-18(6,7)15(2)13-17(4,5)14-20/h15,19-20H,3,8-14H2,1-2,4-7H3. The summed E-state index contributed by atoms with van der Waals surface area (Å²) in [6.45, 7) is 19.3. The fraction of sp³-hybridized carbons (Fsp3) is 0.889. The van der Waals surface area contributed by atoms with Crippen molar-refractivity contribution in [2.75, 3.05) is 12.3 Å². The van der Waals surface area contributed by atoms with Crippen LogP contribution in [-0.4, -0.2) is 12.3 Å². The summed E-state index contributed by atoms with van der Waals surface area (Å²) < 4.78 is 0. The van der Waals surface area contributed by atoms with E-state index in [4.69, 9.17) is 0 Å². The number of rotatable bonds is 11. The zero-order chi connectivity index (χ0) is 15.8. The van der Waals surface area contributed by atoms with E-state index in [1.807, 2.05) is 0 Å². The van der Waals surface area contributed by atoms with Crippen molar-refractivity contribution in [2.45, 2.75) is 73.6 Å². The van der Waals surface area contributed by atoms with E-state index in [0.29, 0.717) is 16.7 Å². The summed E-state index contributed by atoms with van der Waals surface area (Å²) in [5.41, 5.74) is 1.89. The molecular weight excluding hydrogens is 262 g/mol. The van der Waals surface area contributed by atoms with Gasteiger partial charge in [0.25, 0.3) is 0 Å². The quantitative estimate of drug-likeness (QED) is 0.369. The van der Waals surface area contributed by atoms with Gasteiger partial charge >= 0.3 is 0 Å². The van der Waals surface area contributed by atoms with Crippen molar-refractivity contribution in [3.8, 4) is 0 Å². The molecule has 0 saturated heterocycles. The Balaban J connectivity index is 4.20. The van der Waals surface area contributed by atoms with E-state index >= 15 is 0 Å². The molecule has 0 saturated carbocycles. The monoisotopic (exact) mass is 299 g/mol. The number of nitrogens with one attached hydrogen (secondary N) is 1. The van der Waals surface area contributed by atoms with Gasteiger partial charge in [0.2, 0.25) is 0 Å². The molecule has 0 aliphatic heterocycles. The Morgan fingerprint density at radius 3 is 2.35 bits per heavy atom. The number of hydrogen-bond acceptors (Lipinski definition) is 2. The summed E-state index contributed by atoms with van der Waals surface area (Å²) >= 11 is 4.48. The molecule has 0 bridgehead atoms. The molecule has 0 aromatic heterocycles. The summed E-state index contributed by atoms with van der Waals surface area (Å²) in [6.07, 6.45) is 5.99. The third-order valence-corrected chi connectivity index (χ3v) is 5.45. The summed E-state index contributed by atoms with van der Waals surface area (Å²) in [4.78, 5) is 0. The number of thiol groups is 1. The first-order chi connectivity index (χ1) is 9.14. The summed E-state index contributed by atoms with van der Waals surface area (Å²) in [5, 5.41) is 3.45. The Labute approximate surface area is 133 Å². The van der Waals surface area contributed by atoms with Crippen LogP contribution >= 0.6 is 12.6 Å². The predicted molar refractivity (Wildman–Crippen MR) is 96.5 cm³/mol. The van der Waals surface area contributed by atoms with E-state index in [-0.39, 0.29) is 0 Å². The Bertz CT molecular complexity index is 281. The maximum atomic E-state index is 4.48. The first-order valence-corrected chi connectivity index (χ1v) is 8.80. The molecule has 0 aliphatic rings. The lowest BCUT2D eigenvalue weighted by Crippen LogP contribution is -2.28. The topological polar surface area (TPSA) is 12.0 Å². The first-order valence-electron chi connectivity index (χ1n) is 8.17. The van der Waals surface area contributed by atoms with Gasteiger partial charge in [0.15, 0.2) is 0 Å². The fourth-order valence-electron chi connectivity index (χ4n) is 2.42. The Kier molecular flexibility index (Phi) is 8.97. The zero-order valence-corrected chi connectivity index (χ0v) is 15.6. The van der Waals surface area contributed by atoms with Crippen LogP contribution in [0.25, 0.3) is 0 Å². The molecule has 0 rings (SSSR count). The molecule has 0 spiro atoms. The summed E-state index contributed by atoms with van der Waals surface area (Å²) in [6, 6.07) is 0. The normalized spacial score (nSPS) is 14.2. The first kappa shape index (κ1) is 19.9. The highest BCUT2D eigenvalue weighted by molar-refractivity contribution is 7.80. The molecular formula is C18H37NS. The van der Waals surface area contributed by atoms with Gasteiger partial charge in [-0.25, -0.2) is 0 Å². The molecule has 1 atom stereocenters. The van der Waals surface area contributed by atoms with Crippen LogP contribution in [0.4, 0.5) is 0 Å². The van der Waals surface area contributed by atoms with Gasteiger partial charge in [-0.2, -0.15) is 12.6 Å². The van der Waals surface area contributed by atoms with Gasteiger partial charge < -0.3 is 5.32 Å². The largest absolute Gasteiger partial charge is 0.389 e. The van der Waals surface area contributed by atoms with E-state index in [1.54, 1.807) is 0 Å². The highest BCUT2D eigenvalue weighted by Crippen LogP contribution is 2.40. The maximum Gasteiger partial charge on any atom is 0.0143 e. The molecule has 0 amide bonds. The number of unbranched alkanes of at least 4 members (excludes halogenated alkanes) is 1. The van der Waals surface area contributed by atoms with Crippen molar-refractivity contribution in [1.29, 1.82) is 0 Å². The smallest absolute Gasteiger partial charge is 0.0143 e. The van der Waals surface area contributed by atoms with Crippen molar-refractivity contribution >= 4 is 12.6 Å². The molecule has 0 fully saturated rings. The Hall–Kier alpha value is -0.110. The molecule has 0 heterocycles. The number of allylic oxidation sites excluding steroid dienone is 1. The van der Waals surface area contributed by atoms with Gasteiger partial charge in [0, 0.05) is 12.2 Å². The van der Waals surface area contributed by atoms with Crippen molar-refractivity contribution in [3.05, 3.63) is 12.3 Å². The van der Waals surface area contributed by atoms with Gasteiger partial charge in [-0.15, -0.1) is 0 Å².